The molecule has 0 radical (unpaired) electrons. The largest absolute Gasteiger partial charge is 0.393 e. The fourth-order valence-corrected chi connectivity index (χ4v) is 3.50. The zero-order valence-electron chi connectivity index (χ0n) is 11.8. The molecule has 0 aromatic carbocycles. The highest BCUT2D eigenvalue weighted by molar-refractivity contribution is 4.80. The van der Waals surface area contributed by atoms with Gasteiger partial charge >= 0.3 is 0 Å². The van der Waals surface area contributed by atoms with Crippen molar-refractivity contribution in [1.29, 1.82) is 0 Å². The van der Waals surface area contributed by atoms with Crippen LogP contribution in [0.3, 0.4) is 0 Å². The molecule has 3 unspecified atom stereocenters. The van der Waals surface area contributed by atoms with Crippen molar-refractivity contribution in [2.45, 2.75) is 51.6 Å². The van der Waals surface area contributed by atoms with Gasteiger partial charge in [-0.05, 0) is 44.1 Å². The van der Waals surface area contributed by atoms with E-state index in [4.69, 9.17) is 4.74 Å². The first kappa shape index (κ1) is 14.3. The summed E-state index contributed by atoms with van der Waals surface area (Å²) in [7, 11) is 0. The van der Waals surface area contributed by atoms with Crippen LogP contribution >= 0.6 is 0 Å². The fraction of sp³-hybridized carbons (Fsp3) is 1.00. The number of nitrogens with zero attached hydrogens (tertiary/aromatic N) is 1. The molecule has 1 aliphatic heterocycles. The predicted molar refractivity (Wildman–Crippen MR) is 73.6 cm³/mol. The average Bonchev–Trinajstić information content (AvgIpc) is 2.41. The molecule has 1 saturated heterocycles. The summed E-state index contributed by atoms with van der Waals surface area (Å²) in [6.07, 6.45) is 7.28. The molecule has 3 atom stereocenters. The molecule has 0 aromatic heterocycles. The van der Waals surface area contributed by atoms with Crippen molar-refractivity contribution in [3.8, 4) is 0 Å². The van der Waals surface area contributed by atoms with Crippen LogP contribution in [-0.2, 0) is 4.74 Å². The van der Waals surface area contributed by atoms with Gasteiger partial charge in [0, 0.05) is 13.1 Å². The van der Waals surface area contributed by atoms with Crippen molar-refractivity contribution in [3.05, 3.63) is 0 Å². The highest BCUT2D eigenvalue weighted by atomic mass is 16.5. The number of aliphatic hydroxyl groups excluding tert-OH is 1. The Hall–Kier alpha value is -0.120. The highest BCUT2D eigenvalue weighted by Crippen LogP contribution is 2.34. The number of hydrogen-bond donors (Lipinski definition) is 1. The van der Waals surface area contributed by atoms with Crippen LogP contribution in [0.4, 0.5) is 0 Å². The van der Waals surface area contributed by atoms with E-state index in [2.05, 4.69) is 11.8 Å². The summed E-state index contributed by atoms with van der Waals surface area (Å²) in [4.78, 5) is 2.49. The zero-order chi connectivity index (χ0) is 12.8. The Balaban J connectivity index is 1.72. The van der Waals surface area contributed by atoms with E-state index in [1.807, 2.05) is 0 Å². The summed E-state index contributed by atoms with van der Waals surface area (Å²) in [6.45, 7) is 7.32. The molecule has 1 aliphatic carbocycles. The van der Waals surface area contributed by atoms with Crippen molar-refractivity contribution in [2.24, 2.45) is 11.8 Å². The minimum Gasteiger partial charge on any atom is -0.393 e. The molecule has 1 saturated carbocycles. The molecule has 0 spiro atoms. The molecule has 2 aliphatic rings. The zero-order valence-corrected chi connectivity index (χ0v) is 11.8. The molecular formula is C15H29NO2. The summed E-state index contributed by atoms with van der Waals surface area (Å²) in [6, 6.07) is 0. The minimum atomic E-state index is -0.0425. The molecule has 2 rings (SSSR count). The Morgan fingerprint density at radius 1 is 1.17 bits per heavy atom. The average molecular weight is 255 g/mol. The van der Waals surface area contributed by atoms with E-state index in [0.717, 1.165) is 45.2 Å². The van der Waals surface area contributed by atoms with Gasteiger partial charge in [-0.25, -0.2) is 0 Å². The minimum absolute atomic E-state index is 0.0425. The van der Waals surface area contributed by atoms with Crippen molar-refractivity contribution >= 4 is 0 Å². The quantitative estimate of drug-likeness (QED) is 0.818. The molecule has 1 N–H and O–H groups in total. The monoisotopic (exact) mass is 255 g/mol. The molecule has 3 heteroatoms. The number of ether oxygens (including phenoxy) is 1. The number of rotatable bonds is 5. The summed E-state index contributed by atoms with van der Waals surface area (Å²) >= 11 is 0. The van der Waals surface area contributed by atoms with E-state index in [1.54, 1.807) is 0 Å². The van der Waals surface area contributed by atoms with Gasteiger partial charge in [-0.2, -0.15) is 0 Å². The van der Waals surface area contributed by atoms with Gasteiger partial charge in [0.05, 0.1) is 19.3 Å². The van der Waals surface area contributed by atoms with Crippen molar-refractivity contribution in [3.63, 3.8) is 0 Å². The van der Waals surface area contributed by atoms with Crippen molar-refractivity contribution in [2.75, 3.05) is 32.8 Å². The van der Waals surface area contributed by atoms with E-state index in [1.165, 1.54) is 32.1 Å². The van der Waals surface area contributed by atoms with Gasteiger partial charge in [-0.1, -0.05) is 19.8 Å². The third kappa shape index (κ3) is 4.22. The fourth-order valence-electron chi connectivity index (χ4n) is 3.50. The van der Waals surface area contributed by atoms with Gasteiger partial charge in [-0.15, -0.1) is 0 Å². The van der Waals surface area contributed by atoms with E-state index in [0.29, 0.717) is 5.92 Å². The molecule has 18 heavy (non-hydrogen) atoms. The summed E-state index contributed by atoms with van der Waals surface area (Å²) in [5.41, 5.74) is 0. The van der Waals surface area contributed by atoms with Crippen molar-refractivity contribution in [1.82, 2.24) is 4.90 Å². The lowest BCUT2D eigenvalue weighted by Gasteiger charge is -2.35. The highest BCUT2D eigenvalue weighted by Gasteiger charge is 2.28. The van der Waals surface area contributed by atoms with Gasteiger partial charge in [0.15, 0.2) is 0 Å². The number of hydrogen-bond acceptors (Lipinski definition) is 3. The van der Waals surface area contributed by atoms with E-state index in [9.17, 15) is 5.11 Å². The summed E-state index contributed by atoms with van der Waals surface area (Å²) < 4.78 is 5.37. The molecule has 106 valence electrons. The molecule has 1 heterocycles. The van der Waals surface area contributed by atoms with Gasteiger partial charge in [0.1, 0.15) is 0 Å². The first-order chi connectivity index (χ1) is 8.79. The van der Waals surface area contributed by atoms with Gasteiger partial charge in [-0.3, -0.25) is 4.90 Å². The second kappa shape index (κ2) is 7.46. The first-order valence-electron chi connectivity index (χ1n) is 7.77. The maximum Gasteiger partial charge on any atom is 0.0594 e. The lowest BCUT2D eigenvalue weighted by molar-refractivity contribution is 0.0142. The van der Waals surface area contributed by atoms with Gasteiger partial charge in [0.25, 0.3) is 0 Å². The Morgan fingerprint density at radius 2 is 1.94 bits per heavy atom. The Labute approximate surface area is 112 Å². The van der Waals surface area contributed by atoms with Crippen LogP contribution in [0.25, 0.3) is 0 Å². The maximum absolute atomic E-state index is 10.1. The van der Waals surface area contributed by atoms with Crippen LogP contribution in [0.15, 0.2) is 0 Å². The maximum atomic E-state index is 10.1. The summed E-state index contributed by atoms with van der Waals surface area (Å²) in [5, 5.41) is 10.1. The third-order valence-electron chi connectivity index (χ3n) is 4.67. The van der Waals surface area contributed by atoms with Gasteiger partial charge < -0.3 is 9.84 Å². The second-order valence-electron chi connectivity index (χ2n) is 6.04. The van der Waals surface area contributed by atoms with Crippen LogP contribution in [0, 0.1) is 11.8 Å². The summed E-state index contributed by atoms with van der Waals surface area (Å²) in [5.74, 6) is 1.41. The van der Waals surface area contributed by atoms with Crippen LogP contribution in [0.2, 0.25) is 0 Å². The molecule has 3 nitrogen and oxygen atoms in total. The first-order valence-corrected chi connectivity index (χ1v) is 7.77. The Kier molecular flexibility index (Phi) is 5.93. The van der Waals surface area contributed by atoms with Crippen molar-refractivity contribution < 1.29 is 9.84 Å². The van der Waals surface area contributed by atoms with Gasteiger partial charge in [0.2, 0.25) is 0 Å². The molecule has 0 bridgehead atoms. The van der Waals surface area contributed by atoms with Crippen LogP contribution < -0.4 is 0 Å². The lowest BCUT2D eigenvalue weighted by atomic mass is 9.76. The lowest BCUT2D eigenvalue weighted by Crippen LogP contribution is -2.39. The predicted octanol–water partition coefficient (Wildman–Crippen LogP) is 2.29. The topological polar surface area (TPSA) is 32.7 Å². The normalized spacial score (nSPS) is 34.7. The Bertz CT molecular complexity index is 229. The Morgan fingerprint density at radius 3 is 2.67 bits per heavy atom. The van der Waals surface area contributed by atoms with E-state index < -0.39 is 0 Å². The van der Waals surface area contributed by atoms with Crippen LogP contribution in [0.5, 0.6) is 0 Å². The van der Waals surface area contributed by atoms with E-state index >= 15 is 0 Å². The van der Waals surface area contributed by atoms with E-state index in [-0.39, 0.29) is 6.10 Å². The molecule has 0 amide bonds. The van der Waals surface area contributed by atoms with Crippen LogP contribution in [0.1, 0.15) is 45.4 Å². The molecule has 0 aromatic rings. The molecule has 2 fully saturated rings. The third-order valence-corrected chi connectivity index (χ3v) is 4.67. The standard InChI is InChI=1S/C15H29NO2/c1-2-3-13-4-5-15(17)14(12-13)6-7-16-8-10-18-11-9-16/h13-15,17H,2-12H2,1H3. The van der Waals surface area contributed by atoms with Crippen LogP contribution in [-0.4, -0.2) is 49.0 Å². The number of morpholine rings is 1. The SMILES string of the molecule is CCCC1CCC(O)C(CCN2CCOCC2)C1. The molecular weight excluding hydrogens is 226 g/mol. The smallest absolute Gasteiger partial charge is 0.0594 e. The second-order valence-corrected chi connectivity index (χ2v) is 6.04. The number of aliphatic hydroxyl groups is 1.